The highest BCUT2D eigenvalue weighted by atomic mass is 16.5. The van der Waals surface area contributed by atoms with E-state index >= 15 is 0 Å². The zero-order valence-electron chi connectivity index (χ0n) is 14.6. The molecule has 2 aromatic carbocycles. The number of aryl methyl sites for hydroxylation is 1. The summed E-state index contributed by atoms with van der Waals surface area (Å²) in [6.45, 7) is 1.94. The highest BCUT2D eigenvalue weighted by Gasteiger charge is 2.18. The number of hydrogen-bond donors (Lipinski definition) is 1. The van der Waals surface area contributed by atoms with Crippen LogP contribution in [0.4, 0.5) is 0 Å². The first-order valence-corrected chi connectivity index (χ1v) is 8.48. The van der Waals surface area contributed by atoms with Gasteiger partial charge in [-0.2, -0.15) is 0 Å². The van der Waals surface area contributed by atoms with Gasteiger partial charge in [0.25, 0.3) is 0 Å². The van der Waals surface area contributed by atoms with Crippen molar-refractivity contribution < 1.29 is 9.53 Å². The molecular weight excluding hydrogens is 328 g/mol. The number of aromatic amines is 1. The Kier molecular flexibility index (Phi) is 3.84. The lowest BCUT2D eigenvalue weighted by atomic mass is 10.1. The van der Waals surface area contributed by atoms with Gasteiger partial charge >= 0.3 is 5.97 Å². The van der Waals surface area contributed by atoms with E-state index in [2.05, 4.69) is 9.55 Å². The van der Waals surface area contributed by atoms with Gasteiger partial charge in [-0.3, -0.25) is 4.79 Å². The van der Waals surface area contributed by atoms with Gasteiger partial charge in [0.05, 0.1) is 17.5 Å². The Morgan fingerprint density at radius 3 is 2.65 bits per heavy atom. The molecule has 4 rings (SSSR count). The molecule has 0 bridgehead atoms. The number of pyridine rings is 1. The van der Waals surface area contributed by atoms with Crippen molar-refractivity contribution in [1.29, 1.82) is 0 Å². The molecule has 130 valence electrons. The predicted molar refractivity (Wildman–Crippen MR) is 102 cm³/mol. The molecule has 26 heavy (non-hydrogen) atoms. The number of carbonyl (C=O) groups is 1. The van der Waals surface area contributed by atoms with E-state index in [0.29, 0.717) is 10.9 Å². The number of nitrogens with zero attached hydrogens (tertiary/aromatic N) is 1. The number of esters is 1. The SMILES string of the molecule is CCOC(=O)c1c[nH]c2ccc3c(cc(-c4ccccc4)n3C)c2c1=O. The van der Waals surface area contributed by atoms with Gasteiger partial charge in [0.1, 0.15) is 5.56 Å². The lowest BCUT2D eigenvalue weighted by molar-refractivity contribution is 0.0524. The van der Waals surface area contributed by atoms with Gasteiger partial charge in [-0.15, -0.1) is 0 Å². The fourth-order valence-corrected chi connectivity index (χ4v) is 3.37. The molecule has 0 fully saturated rings. The van der Waals surface area contributed by atoms with Crippen molar-refractivity contribution in [2.45, 2.75) is 6.92 Å². The molecule has 5 nitrogen and oxygen atoms in total. The van der Waals surface area contributed by atoms with Crippen LogP contribution >= 0.6 is 0 Å². The summed E-state index contributed by atoms with van der Waals surface area (Å²) in [6.07, 6.45) is 1.43. The van der Waals surface area contributed by atoms with Gasteiger partial charge in [-0.05, 0) is 30.7 Å². The van der Waals surface area contributed by atoms with E-state index < -0.39 is 5.97 Å². The second-order valence-corrected chi connectivity index (χ2v) is 6.13. The largest absolute Gasteiger partial charge is 0.462 e. The Hall–Kier alpha value is -3.34. The Labute approximate surface area is 149 Å². The van der Waals surface area contributed by atoms with Gasteiger partial charge < -0.3 is 14.3 Å². The molecule has 0 aliphatic carbocycles. The fraction of sp³-hybridized carbons (Fsp3) is 0.143. The van der Waals surface area contributed by atoms with Gasteiger partial charge in [-0.1, -0.05) is 30.3 Å². The molecule has 2 aromatic heterocycles. The van der Waals surface area contributed by atoms with Crippen LogP contribution in [0.3, 0.4) is 0 Å². The first kappa shape index (κ1) is 16.1. The third-order valence-corrected chi connectivity index (χ3v) is 4.63. The summed E-state index contributed by atoms with van der Waals surface area (Å²) in [6, 6.07) is 15.8. The van der Waals surface area contributed by atoms with Crippen molar-refractivity contribution >= 4 is 27.8 Å². The molecule has 0 saturated carbocycles. The summed E-state index contributed by atoms with van der Waals surface area (Å²) in [5.41, 5.74) is 3.42. The average molecular weight is 346 g/mol. The van der Waals surface area contributed by atoms with Gasteiger partial charge in [0.2, 0.25) is 5.43 Å². The molecule has 0 aliphatic rings. The number of fused-ring (bicyclic) bond motifs is 3. The van der Waals surface area contributed by atoms with Crippen LogP contribution in [-0.2, 0) is 11.8 Å². The predicted octanol–water partition coefficient (Wildman–Crippen LogP) is 3.86. The molecule has 0 spiro atoms. The highest BCUT2D eigenvalue weighted by Crippen LogP contribution is 2.30. The molecule has 4 aromatic rings. The van der Waals surface area contributed by atoms with Gasteiger partial charge in [-0.25, -0.2) is 4.79 Å². The third-order valence-electron chi connectivity index (χ3n) is 4.63. The summed E-state index contributed by atoms with van der Waals surface area (Å²) in [7, 11) is 1.97. The Balaban J connectivity index is 2.04. The molecule has 2 heterocycles. The first-order chi connectivity index (χ1) is 12.6. The smallest absolute Gasteiger partial charge is 0.343 e. The summed E-state index contributed by atoms with van der Waals surface area (Å²) >= 11 is 0. The van der Waals surface area contributed by atoms with Crippen molar-refractivity contribution in [3.05, 3.63) is 70.5 Å². The lowest BCUT2D eigenvalue weighted by Gasteiger charge is -2.06. The van der Waals surface area contributed by atoms with E-state index in [4.69, 9.17) is 4.74 Å². The van der Waals surface area contributed by atoms with E-state index in [-0.39, 0.29) is 17.6 Å². The molecule has 0 atom stereocenters. The third kappa shape index (κ3) is 2.40. The van der Waals surface area contributed by atoms with Crippen molar-refractivity contribution in [2.24, 2.45) is 7.05 Å². The Morgan fingerprint density at radius 1 is 1.15 bits per heavy atom. The fourth-order valence-electron chi connectivity index (χ4n) is 3.37. The van der Waals surface area contributed by atoms with Crippen molar-refractivity contribution in [3.8, 4) is 11.3 Å². The molecule has 0 radical (unpaired) electrons. The molecule has 5 heteroatoms. The second kappa shape index (κ2) is 6.19. The number of aromatic nitrogens is 2. The maximum Gasteiger partial charge on any atom is 0.343 e. The molecule has 1 N–H and O–H groups in total. The van der Waals surface area contributed by atoms with E-state index in [9.17, 15) is 9.59 Å². The normalized spacial score (nSPS) is 11.2. The number of rotatable bonds is 3. The summed E-state index contributed by atoms with van der Waals surface area (Å²) < 4.78 is 7.06. The average Bonchev–Trinajstić information content (AvgIpc) is 2.99. The van der Waals surface area contributed by atoms with E-state index in [1.54, 1.807) is 6.92 Å². The van der Waals surface area contributed by atoms with Crippen LogP contribution in [0.15, 0.2) is 59.5 Å². The minimum absolute atomic E-state index is 0.0250. The van der Waals surface area contributed by atoms with Gasteiger partial charge in [0.15, 0.2) is 0 Å². The number of hydrogen-bond acceptors (Lipinski definition) is 3. The standard InChI is InChI=1S/C21H18N2O3/c1-3-26-21(25)15-12-22-16-9-10-17-14(19(16)20(15)24)11-18(23(17)2)13-7-5-4-6-8-13/h4-12H,3H2,1-2H3,(H,22,24). The maximum atomic E-state index is 13.0. The van der Waals surface area contributed by atoms with E-state index in [1.165, 1.54) is 6.20 Å². The zero-order chi connectivity index (χ0) is 18.3. The van der Waals surface area contributed by atoms with E-state index in [1.807, 2.05) is 55.6 Å². The second-order valence-electron chi connectivity index (χ2n) is 6.13. The highest BCUT2D eigenvalue weighted by molar-refractivity contribution is 6.09. The topological polar surface area (TPSA) is 64.1 Å². The number of carbonyl (C=O) groups excluding carboxylic acids is 1. The minimum Gasteiger partial charge on any atom is -0.462 e. The number of ether oxygens (including phenoxy) is 1. The Bertz CT molecular complexity index is 1190. The van der Waals surface area contributed by atoms with Crippen LogP contribution < -0.4 is 5.43 Å². The quantitative estimate of drug-likeness (QED) is 0.573. The van der Waals surface area contributed by atoms with Gasteiger partial charge in [0, 0.05) is 29.8 Å². The molecule has 0 unspecified atom stereocenters. The van der Waals surface area contributed by atoms with E-state index in [0.717, 1.165) is 22.2 Å². The van der Waals surface area contributed by atoms with Crippen LogP contribution in [0.5, 0.6) is 0 Å². The Morgan fingerprint density at radius 2 is 1.92 bits per heavy atom. The molecule has 0 aliphatic heterocycles. The van der Waals surface area contributed by atoms with Crippen molar-refractivity contribution in [3.63, 3.8) is 0 Å². The summed E-state index contributed by atoms with van der Waals surface area (Å²) in [5.74, 6) is -0.605. The summed E-state index contributed by atoms with van der Waals surface area (Å²) in [5, 5.41) is 1.32. The zero-order valence-corrected chi connectivity index (χ0v) is 14.6. The molecule has 0 amide bonds. The lowest BCUT2D eigenvalue weighted by Crippen LogP contribution is -2.18. The van der Waals surface area contributed by atoms with Crippen LogP contribution in [-0.4, -0.2) is 22.1 Å². The minimum atomic E-state index is -0.605. The molecular formula is C21H18N2O3. The summed E-state index contributed by atoms with van der Waals surface area (Å²) in [4.78, 5) is 28.1. The van der Waals surface area contributed by atoms with Crippen LogP contribution in [0.25, 0.3) is 33.1 Å². The number of H-pyrrole nitrogens is 1. The van der Waals surface area contributed by atoms with Crippen molar-refractivity contribution in [1.82, 2.24) is 9.55 Å². The maximum absolute atomic E-state index is 13.0. The monoisotopic (exact) mass is 346 g/mol. The van der Waals surface area contributed by atoms with Crippen LogP contribution in [0.1, 0.15) is 17.3 Å². The van der Waals surface area contributed by atoms with Crippen molar-refractivity contribution in [2.75, 3.05) is 6.61 Å². The van der Waals surface area contributed by atoms with Crippen LogP contribution in [0, 0.1) is 0 Å². The first-order valence-electron chi connectivity index (χ1n) is 8.48. The number of benzene rings is 2. The van der Waals surface area contributed by atoms with Crippen LogP contribution in [0.2, 0.25) is 0 Å². The molecule has 0 saturated heterocycles. The number of nitrogens with one attached hydrogen (secondary N) is 1.